The molecule has 0 atom stereocenters. The number of para-hydroxylation sites is 2. The number of rotatable bonds is 3. The van der Waals surface area contributed by atoms with Crippen LogP contribution in [0.25, 0.3) is 33.1 Å². The predicted molar refractivity (Wildman–Crippen MR) is 298 cm³/mol. The molecule has 8 aromatic carbocycles. The Morgan fingerprint density at radius 1 is 0.471 bits per heavy atom. The maximum Gasteiger partial charge on any atom is 0.252 e. The smallest absolute Gasteiger partial charge is 0.252 e. The zero-order chi connectivity index (χ0) is 48.6. The minimum atomic E-state index is -0.240. The van der Waals surface area contributed by atoms with Crippen LogP contribution in [0.3, 0.4) is 0 Å². The quantitative estimate of drug-likeness (QED) is 0.165. The lowest BCUT2D eigenvalue weighted by molar-refractivity contribution is 0.403. The number of anilines is 6. The van der Waals surface area contributed by atoms with Gasteiger partial charge in [-0.15, -0.1) is 0 Å². The van der Waals surface area contributed by atoms with Gasteiger partial charge in [0.05, 0.1) is 11.4 Å². The van der Waals surface area contributed by atoms with E-state index in [-0.39, 0.29) is 33.8 Å². The molecule has 0 saturated heterocycles. The van der Waals surface area contributed by atoms with Gasteiger partial charge in [-0.3, -0.25) is 0 Å². The molecular formula is C66H63BN2O. The van der Waals surface area contributed by atoms with E-state index in [0.717, 1.165) is 34.0 Å². The number of hydrogen-bond donors (Lipinski definition) is 0. The lowest BCUT2D eigenvalue weighted by Gasteiger charge is -2.48. The number of nitrogens with zero attached hydrogens (tertiary/aromatic N) is 2. The second-order valence-corrected chi connectivity index (χ2v) is 24.6. The van der Waals surface area contributed by atoms with E-state index in [2.05, 4.69) is 245 Å². The normalized spacial score (nSPS) is 17.5. The molecule has 1 aromatic heterocycles. The van der Waals surface area contributed by atoms with Crippen molar-refractivity contribution in [2.75, 3.05) is 9.80 Å². The first kappa shape index (κ1) is 43.3. The van der Waals surface area contributed by atoms with Crippen molar-refractivity contribution in [1.82, 2.24) is 0 Å². The number of hydrogen-bond acceptors (Lipinski definition) is 3. The Morgan fingerprint density at radius 2 is 1.01 bits per heavy atom. The van der Waals surface area contributed by atoms with Gasteiger partial charge in [0.15, 0.2) is 5.58 Å². The first-order valence-electron chi connectivity index (χ1n) is 25.6. The highest BCUT2D eigenvalue weighted by molar-refractivity contribution is 7.00. The maximum atomic E-state index is 7.02. The minimum Gasteiger partial charge on any atom is -0.454 e. The fourth-order valence-electron chi connectivity index (χ4n) is 14.0. The summed E-state index contributed by atoms with van der Waals surface area (Å²) < 4.78 is 7.02. The average molecular weight is 911 g/mol. The molecule has 3 heterocycles. The third-order valence-corrected chi connectivity index (χ3v) is 17.3. The molecular weight excluding hydrogens is 848 g/mol. The summed E-state index contributed by atoms with van der Waals surface area (Å²) >= 11 is 0. The van der Waals surface area contributed by atoms with Crippen molar-refractivity contribution in [3.8, 4) is 11.1 Å². The van der Waals surface area contributed by atoms with Crippen molar-refractivity contribution in [2.45, 2.75) is 117 Å². The van der Waals surface area contributed by atoms with Gasteiger partial charge in [0.2, 0.25) is 0 Å². The second-order valence-electron chi connectivity index (χ2n) is 24.6. The number of benzene rings is 8. The van der Waals surface area contributed by atoms with Gasteiger partial charge >= 0.3 is 0 Å². The number of aryl methyl sites for hydroxylation is 1. The van der Waals surface area contributed by atoms with Crippen LogP contribution in [-0.2, 0) is 27.1 Å². The maximum absolute atomic E-state index is 7.02. The molecule has 0 amide bonds. The van der Waals surface area contributed by atoms with E-state index >= 15 is 0 Å². The molecule has 2 aliphatic heterocycles. The van der Waals surface area contributed by atoms with Gasteiger partial charge in [-0.1, -0.05) is 179 Å². The molecule has 9 aromatic rings. The van der Waals surface area contributed by atoms with Gasteiger partial charge in [-0.25, -0.2) is 0 Å². The van der Waals surface area contributed by atoms with Crippen molar-refractivity contribution < 1.29 is 4.42 Å². The lowest BCUT2D eigenvalue weighted by atomic mass is 9.32. The van der Waals surface area contributed by atoms with Crippen LogP contribution in [0.15, 0.2) is 156 Å². The van der Waals surface area contributed by atoms with Crippen molar-refractivity contribution >= 4 is 79.2 Å². The van der Waals surface area contributed by atoms with Crippen LogP contribution in [0.5, 0.6) is 0 Å². The van der Waals surface area contributed by atoms with E-state index in [9.17, 15) is 0 Å². The molecule has 0 bridgehead atoms. The zero-order valence-corrected chi connectivity index (χ0v) is 43.0. The molecule has 0 unspecified atom stereocenters. The molecule has 13 rings (SSSR count). The van der Waals surface area contributed by atoms with E-state index in [1.165, 1.54) is 100 Å². The lowest BCUT2D eigenvalue weighted by Crippen LogP contribution is -2.62. The summed E-state index contributed by atoms with van der Waals surface area (Å²) in [5, 5.41) is 2.27. The fraction of sp³-hybridized carbons (Fsp3) is 0.273. The van der Waals surface area contributed by atoms with E-state index in [0.29, 0.717) is 0 Å². The molecule has 0 radical (unpaired) electrons. The highest BCUT2D eigenvalue weighted by atomic mass is 16.3. The molecule has 0 spiro atoms. The summed E-state index contributed by atoms with van der Waals surface area (Å²) in [5.41, 5.74) is 26.1. The largest absolute Gasteiger partial charge is 0.454 e. The van der Waals surface area contributed by atoms with Crippen LogP contribution < -0.4 is 26.2 Å². The third-order valence-electron chi connectivity index (χ3n) is 17.3. The third kappa shape index (κ3) is 5.89. The molecule has 0 N–H and O–H groups in total. The summed E-state index contributed by atoms with van der Waals surface area (Å²) in [4.78, 5) is 5.26. The Kier molecular flexibility index (Phi) is 8.77. The molecule has 4 aliphatic rings. The first-order chi connectivity index (χ1) is 33.3. The highest BCUT2D eigenvalue weighted by Gasteiger charge is 2.50. The van der Waals surface area contributed by atoms with Gasteiger partial charge in [0, 0.05) is 49.9 Å². The second kappa shape index (κ2) is 14.2. The Labute approximate surface area is 415 Å². The summed E-state index contributed by atoms with van der Waals surface area (Å²) in [6, 6.07) is 58.3. The van der Waals surface area contributed by atoms with Crippen LogP contribution in [0.2, 0.25) is 0 Å². The zero-order valence-electron chi connectivity index (χ0n) is 43.0. The van der Waals surface area contributed by atoms with E-state index in [4.69, 9.17) is 4.42 Å². The van der Waals surface area contributed by atoms with Crippen molar-refractivity contribution in [1.29, 1.82) is 0 Å². The number of furan rings is 1. The van der Waals surface area contributed by atoms with Gasteiger partial charge in [0.25, 0.3) is 6.71 Å². The topological polar surface area (TPSA) is 19.6 Å². The highest BCUT2D eigenvalue weighted by Crippen LogP contribution is 2.56. The Morgan fingerprint density at radius 3 is 1.67 bits per heavy atom. The van der Waals surface area contributed by atoms with Gasteiger partial charge in [-0.05, 0) is 145 Å². The molecule has 3 nitrogen and oxygen atoms in total. The van der Waals surface area contributed by atoms with Gasteiger partial charge in [0.1, 0.15) is 5.58 Å². The van der Waals surface area contributed by atoms with E-state index in [1.54, 1.807) is 0 Å². The van der Waals surface area contributed by atoms with Crippen molar-refractivity contribution in [2.24, 2.45) is 0 Å². The molecule has 0 saturated carbocycles. The Hall–Kier alpha value is -6.78. The Bertz CT molecular complexity index is 3710. The van der Waals surface area contributed by atoms with Gasteiger partial charge < -0.3 is 14.2 Å². The van der Waals surface area contributed by atoms with E-state index in [1.807, 2.05) is 0 Å². The SMILES string of the molecule is Cc1cc2c3c(c1)N(c1cccc4c1oc1ccccc14)c1cc4c(cc1B3c1cc3c(cc1N2c1ccc(C(C)(C)C)cc1-c1ccccc1)C(C)(C)CC3(C)C)C(C)(C)c1ccccc1C4(C)C. The molecule has 0 fully saturated rings. The Balaban J connectivity index is 1.19. The molecule has 346 valence electrons. The van der Waals surface area contributed by atoms with E-state index < -0.39 is 0 Å². The van der Waals surface area contributed by atoms with Crippen LogP contribution in [0.4, 0.5) is 34.1 Å². The van der Waals surface area contributed by atoms with Crippen LogP contribution in [0.1, 0.15) is 127 Å². The summed E-state index contributed by atoms with van der Waals surface area (Å²) in [6.07, 6.45) is 1.10. The van der Waals surface area contributed by atoms with Crippen LogP contribution >= 0.6 is 0 Å². The summed E-state index contributed by atoms with van der Waals surface area (Å²) in [7, 11) is 0. The standard InChI is InChI=1S/C66H63BN2O/c1-39-31-57-60-58(32-39)69(54-27-20-24-43-42-23-16-19-28-59(42)70-61(43)54)56-37-50-49(65(9,10)45-25-17-18-26-46(45)66(50,11)12)35-52(56)67(60)51-34-47-48(64(7,8)38-63(47,5)6)36-55(51)68(57)53-30-29-41(62(2,3)4)33-44(53)40-21-14-13-15-22-40/h13-37H,38H2,1-12H3. The van der Waals surface area contributed by atoms with Crippen molar-refractivity contribution in [3.63, 3.8) is 0 Å². The van der Waals surface area contributed by atoms with Crippen LogP contribution in [0, 0.1) is 6.92 Å². The molecule has 2 aliphatic carbocycles. The molecule has 70 heavy (non-hydrogen) atoms. The summed E-state index contributed by atoms with van der Waals surface area (Å²) in [6.45, 7) is 28.9. The fourth-order valence-corrected chi connectivity index (χ4v) is 14.0. The van der Waals surface area contributed by atoms with Crippen LogP contribution in [-0.4, -0.2) is 6.71 Å². The average Bonchev–Trinajstić information content (AvgIpc) is 3.79. The van der Waals surface area contributed by atoms with Gasteiger partial charge in [-0.2, -0.15) is 0 Å². The number of fused-ring (bicyclic) bond motifs is 10. The first-order valence-corrected chi connectivity index (χ1v) is 25.6. The monoisotopic (exact) mass is 911 g/mol. The molecule has 4 heteroatoms. The predicted octanol–water partition coefficient (Wildman–Crippen LogP) is 15.9. The summed E-state index contributed by atoms with van der Waals surface area (Å²) in [5.74, 6) is 0. The van der Waals surface area contributed by atoms with Crippen molar-refractivity contribution in [3.05, 3.63) is 196 Å². The minimum absolute atomic E-state index is 0.00450.